The molecule has 1 aromatic rings. The summed E-state index contributed by atoms with van der Waals surface area (Å²) in [6.45, 7) is 11.0. The molecule has 2 aliphatic carbocycles. The van der Waals surface area contributed by atoms with Crippen molar-refractivity contribution in [2.45, 2.75) is 66.3 Å². The van der Waals surface area contributed by atoms with E-state index in [0.29, 0.717) is 5.41 Å². The average Bonchev–Trinajstić information content (AvgIpc) is 2.64. The van der Waals surface area contributed by atoms with Gasteiger partial charge in [-0.15, -0.1) is 0 Å². The monoisotopic (exact) mass is 304 g/mol. The number of hydrogen-bond acceptors (Lipinski definition) is 3. The number of oxazole rings is 1. The van der Waals surface area contributed by atoms with Crippen LogP contribution in [-0.4, -0.2) is 23.5 Å². The van der Waals surface area contributed by atoms with Gasteiger partial charge in [-0.25, -0.2) is 4.98 Å². The molecule has 2 bridgehead atoms. The molecule has 3 rings (SSSR count). The van der Waals surface area contributed by atoms with Gasteiger partial charge in [-0.1, -0.05) is 13.8 Å². The van der Waals surface area contributed by atoms with Crippen LogP contribution in [0.25, 0.3) is 0 Å². The summed E-state index contributed by atoms with van der Waals surface area (Å²) < 4.78 is 5.74. The van der Waals surface area contributed by atoms with Gasteiger partial charge in [0.25, 0.3) is 0 Å². The smallest absolute Gasteiger partial charge is 0.208 e. The Morgan fingerprint density at radius 1 is 1.18 bits per heavy atom. The van der Waals surface area contributed by atoms with E-state index in [9.17, 15) is 0 Å². The molecule has 0 aliphatic heterocycles. The molecule has 22 heavy (non-hydrogen) atoms. The summed E-state index contributed by atoms with van der Waals surface area (Å²) >= 11 is 0. The highest BCUT2D eigenvalue weighted by molar-refractivity contribution is 5.05. The fraction of sp³-hybridized carbons (Fsp3) is 0.842. The maximum Gasteiger partial charge on any atom is 0.208 e. The molecule has 0 N–H and O–H groups in total. The molecular weight excluding hydrogens is 272 g/mol. The molecule has 2 atom stereocenters. The Hall–Kier alpha value is -0.830. The maximum atomic E-state index is 5.74. The van der Waals surface area contributed by atoms with Gasteiger partial charge in [0.05, 0.1) is 12.2 Å². The first-order valence-corrected chi connectivity index (χ1v) is 8.94. The summed E-state index contributed by atoms with van der Waals surface area (Å²) in [5.74, 6) is 4.70. The second-order valence-electron chi connectivity index (χ2n) is 8.68. The van der Waals surface area contributed by atoms with Crippen LogP contribution in [0.2, 0.25) is 0 Å². The molecule has 2 saturated carbocycles. The van der Waals surface area contributed by atoms with Crippen molar-refractivity contribution in [1.29, 1.82) is 0 Å². The molecular formula is C19H32N2O. The lowest BCUT2D eigenvalue weighted by Crippen LogP contribution is -2.42. The molecule has 2 fully saturated rings. The topological polar surface area (TPSA) is 29.3 Å². The predicted molar refractivity (Wildman–Crippen MR) is 89.6 cm³/mol. The van der Waals surface area contributed by atoms with Gasteiger partial charge in [0.2, 0.25) is 5.89 Å². The Bertz CT molecular complexity index is 484. The Morgan fingerprint density at radius 2 is 1.82 bits per heavy atom. The minimum atomic E-state index is 0.471. The van der Waals surface area contributed by atoms with E-state index in [-0.39, 0.29) is 0 Å². The van der Waals surface area contributed by atoms with Crippen molar-refractivity contribution < 1.29 is 4.42 Å². The number of fused-ring (bicyclic) bond motifs is 2. The number of aryl methyl sites for hydroxylation is 2. The first-order chi connectivity index (χ1) is 10.3. The van der Waals surface area contributed by atoms with Crippen molar-refractivity contribution in [3.63, 3.8) is 0 Å². The standard InChI is InChI=1S/C19H32N2O/c1-13-6-16-8-17(7-13)10-19(4,9-16)12-21(5)11-18-20-14(2)15(3)22-18/h13,16-17H,6-12H2,1-5H3. The number of hydrogen-bond donors (Lipinski definition) is 0. The van der Waals surface area contributed by atoms with E-state index in [4.69, 9.17) is 4.42 Å². The van der Waals surface area contributed by atoms with Crippen LogP contribution in [0.5, 0.6) is 0 Å². The Kier molecular flexibility index (Phi) is 4.37. The Morgan fingerprint density at radius 3 is 2.36 bits per heavy atom. The highest BCUT2D eigenvalue weighted by atomic mass is 16.4. The SMILES string of the molecule is Cc1nc(CN(C)CC2(C)CC3CC(C)CC(C3)C2)oc1C. The molecule has 1 aromatic heterocycles. The zero-order valence-electron chi connectivity index (χ0n) is 15.0. The van der Waals surface area contributed by atoms with Gasteiger partial charge >= 0.3 is 0 Å². The van der Waals surface area contributed by atoms with E-state index < -0.39 is 0 Å². The van der Waals surface area contributed by atoms with Crippen molar-refractivity contribution in [2.24, 2.45) is 23.2 Å². The third kappa shape index (κ3) is 3.56. The summed E-state index contributed by atoms with van der Waals surface area (Å²) in [6.07, 6.45) is 7.20. The fourth-order valence-corrected chi connectivity index (χ4v) is 5.38. The van der Waals surface area contributed by atoms with E-state index in [0.717, 1.165) is 48.2 Å². The van der Waals surface area contributed by atoms with Crippen LogP contribution in [0.15, 0.2) is 4.42 Å². The largest absolute Gasteiger partial charge is 0.444 e. The van der Waals surface area contributed by atoms with Crippen LogP contribution in [0.3, 0.4) is 0 Å². The van der Waals surface area contributed by atoms with Crippen LogP contribution < -0.4 is 0 Å². The van der Waals surface area contributed by atoms with E-state index in [2.05, 4.69) is 30.8 Å². The molecule has 0 amide bonds. The summed E-state index contributed by atoms with van der Waals surface area (Å²) in [5.41, 5.74) is 1.50. The number of rotatable bonds is 4. The van der Waals surface area contributed by atoms with Crippen molar-refractivity contribution in [3.05, 3.63) is 17.3 Å². The van der Waals surface area contributed by atoms with Crippen molar-refractivity contribution in [1.82, 2.24) is 9.88 Å². The molecule has 2 unspecified atom stereocenters. The van der Waals surface area contributed by atoms with Gasteiger partial charge < -0.3 is 4.42 Å². The average molecular weight is 304 g/mol. The summed E-state index contributed by atoms with van der Waals surface area (Å²) in [5, 5.41) is 0. The van der Waals surface area contributed by atoms with Crippen LogP contribution in [0, 0.1) is 37.0 Å². The number of nitrogens with zero attached hydrogens (tertiary/aromatic N) is 2. The van der Waals surface area contributed by atoms with Crippen molar-refractivity contribution >= 4 is 0 Å². The molecule has 0 radical (unpaired) electrons. The molecule has 0 spiro atoms. The molecule has 0 aromatic carbocycles. The van der Waals surface area contributed by atoms with Crippen LogP contribution >= 0.6 is 0 Å². The molecule has 2 aliphatic rings. The van der Waals surface area contributed by atoms with Crippen LogP contribution in [0.1, 0.15) is 63.3 Å². The Labute approximate surface area is 135 Å². The van der Waals surface area contributed by atoms with Gasteiger partial charge in [0.15, 0.2) is 0 Å². The summed E-state index contributed by atoms with van der Waals surface area (Å²) in [7, 11) is 2.22. The molecule has 3 nitrogen and oxygen atoms in total. The molecule has 1 heterocycles. The van der Waals surface area contributed by atoms with E-state index >= 15 is 0 Å². The third-order valence-electron chi connectivity index (χ3n) is 5.83. The Balaban J connectivity index is 1.59. The van der Waals surface area contributed by atoms with E-state index in [1.165, 1.54) is 32.1 Å². The fourth-order valence-electron chi connectivity index (χ4n) is 5.38. The quantitative estimate of drug-likeness (QED) is 0.815. The molecule has 124 valence electrons. The van der Waals surface area contributed by atoms with Crippen LogP contribution in [-0.2, 0) is 6.54 Å². The van der Waals surface area contributed by atoms with Gasteiger partial charge in [-0.05, 0) is 76.2 Å². The zero-order valence-corrected chi connectivity index (χ0v) is 15.0. The maximum absolute atomic E-state index is 5.74. The second-order valence-corrected chi connectivity index (χ2v) is 8.68. The van der Waals surface area contributed by atoms with Gasteiger partial charge in [0, 0.05) is 6.54 Å². The van der Waals surface area contributed by atoms with Crippen molar-refractivity contribution in [3.8, 4) is 0 Å². The second kappa shape index (κ2) is 5.99. The zero-order chi connectivity index (χ0) is 15.9. The van der Waals surface area contributed by atoms with Crippen molar-refractivity contribution in [2.75, 3.05) is 13.6 Å². The summed E-state index contributed by atoms with van der Waals surface area (Å²) in [4.78, 5) is 6.94. The molecule has 3 heteroatoms. The van der Waals surface area contributed by atoms with Gasteiger partial charge in [-0.2, -0.15) is 0 Å². The van der Waals surface area contributed by atoms with E-state index in [1.54, 1.807) is 0 Å². The normalized spacial score (nSPS) is 35.1. The lowest BCUT2D eigenvalue weighted by atomic mass is 9.59. The highest BCUT2D eigenvalue weighted by Crippen LogP contribution is 2.50. The van der Waals surface area contributed by atoms with Crippen LogP contribution in [0.4, 0.5) is 0 Å². The van der Waals surface area contributed by atoms with E-state index in [1.807, 2.05) is 13.8 Å². The minimum Gasteiger partial charge on any atom is -0.444 e. The predicted octanol–water partition coefficient (Wildman–Crippen LogP) is 4.58. The first kappa shape index (κ1) is 16.0. The van der Waals surface area contributed by atoms with Gasteiger partial charge in [0.1, 0.15) is 5.76 Å². The highest BCUT2D eigenvalue weighted by Gasteiger charge is 2.41. The number of aromatic nitrogens is 1. The lowest BCUT2D eigenvalue weighted by molar-refractivity contribution is 0.0229. The first-order valence-electron chi connectivity index (χ1n) is 8.94. The minimum absolute atomic E-state index is 0.471. The summed E-state index contributed by atoms with van der Waals surface area (Å²) in [6, 6.07) is 0. The molecule has 0 saturated heterocycles. The lowest BCUT2D eigenvalue weighted by Gasteiger charge is -2.48. The third-order valence-corrected chi connectivity index (χ3v) is 5.83. The van der Waals surface area contributed by atoms with Gasteiger partial charge in [-0.3, -0.25) is 4.90 Å².